The maximum atomic E-state index is 11.7. The van der Waals surface area contributed by atoms with Crippen molar-refractivity contribution < 1.29 is 14.3 Å². The Balaban J connectivity index is 1.80. The predicted molar refractivity (Wildman–Crippen MR) is 71.2 cm³/mol. The van der Waals surface area contributed by atoms with Crippen LogP contribution in [-0.2, 0) is 16.1 Å². The van der Waals surface area contributed by atoms with Gasteiger partial charge in [-0.15, -0.1) is 0 Å². The van der Waals surface area contributed by atoms with Crippen LogP contribution in [0.5, 0.6) is 5.75 Å². The van der Waals surface area contributed by atoms with Gasteiger partial charge in [-0.25, -0.2) is 0 Å². The van der Waals surface area contributed by atoms with Gasteiger partial charge in [0.2, 0.25) is 0 Å². The molecule has 0 N–H and O–H groups in total. The van der Waals surface area contributed by atoms with Gasteiger partial charge in [0.25, 0.3) is 0 Å². The van der Waals surface area contributed by atoms with Crippen molar-refractivity contribution in [1.82, 2.24) is 4.90 Å². The summed E-state index contributed by atoms with van der Waals surface area (Å²) in [7, 11) is 1.70. The fourth-order valence-corrected chi connectivity index (χ4v) is 3.08. The molecule has 1 aromatic rings. The summed E-state index contributed by atoms with van der Waals surface area (Å²) in [4.78, 5) is 14.1. The van der Waals surface area contributed by atoms with Crippen LogP contribution >= 0.6 is 0 Å². The summed E-state index contributed by atoms with van der Waals surface area (Å²) in [5.41, 5.74) is 1.18. The predicted octanol–water partition coefficient (Wildman–Crippen LogP) is 1.63. The first-order valence-electron chi connectivity index (χ1n) is 6.75. The van der Waals surface area contributed by atoms with Crippen LogP contribution in [0.25, 0.3) is 0 Å². The van der Waals surface area contributed by atoms with E-state index < -0.39 is 0 Å². The Bertz CT molecular complexity index is 458. The lowest BCUT2D eigenvalue weighted by molar-refractivity contribution is -0.136. The number of ketones is 1. The van der Waals surface area contributed by atoms with Gasteiger partial charge >= 0.3 is 0 Å². The number of fused-ring (bicyclic) bond motifs is 2. The van der Waals surface area contributed by atoms with Gasteiger partial charge in [-0.3, -0.25) is 9.69 Å². The van der Waals surface area contributed by atoms with Gasteiger partial charge in [-0.05, 0) is 6.07 Å². The highest BCUT2D eigenvalue weighted by Gasteiger charge is 2.38. The lowest BCUT2D eigenvalue weighted by Gasteiger charge is -2.45. The molecule has 4 heteroatoms. The molecule has 0 spiro atoms. The lowest BCUT2D eigenvalue weighted by atomic mass is 9.92. The number of hydrogen-bond donors (Lipinski definition) is 0. The van der Waals surface area contributed by atoms with Crippen molar-refractivity contribution >= 4 is 5.78 Å². The second-order valence-electron chi connectivity index (χ2n) is 5.28. The van der Waals surface area contributed by atoms with Crippen molar-refractivity contribution in [3.8, 4) is 5.75 Å². The van der Waals surface area contributed by atoms with Crippen LogP contribution in [-0.4, -0.2) is 43.1 Å². The summed E-state index contributed by atoms with van der Waals surface area (Å²) in [5, 5.41) is 0. The highest BCUT2D eigenvalue weighted by Crippen LogP contribution is 2.29. The molecule has 2 saturated heterocycles. The number of morpholine rings is 1. The van der Waals surface area contributed by atoms with Gasteiger partial charge < -0.3 is 9.47 Å². The number of benzene rings is 1. The average Bonchev–Trinajstić information content (AvgIpc) is 2.40. The Hall–Kier alpha value is -1.39. The highest BCUT2D eigenvalue weighted by atomic mass is 16.5. The van der Waals surface area contributed by atoms with Crippen LogP contribution in [0.3, 0.4) is 0 Å². The fourth-order valence-electron chi connectivity index (χ4n) is 3.08. The van der Waals surface area contributed by atoms with E-state index >= 15 is 0 Å². The molecule has 2 unspecified atom stereocenters. The maximum absolute atomic E-state index is 11.7. The van der Waals surface area contributed by atoms with Crippen molar-refractivity contribution in [2.75, 3.05) is 20.3 Å². The van der Waals surface area contributed by atoms with Crippen LogP contribution < -0.4 is 4.74 Å². The van der Waals surface area contributed by atoms with E-state index in [-0.39, 0.29) is 12.1 Å². The van der Waals surface area contributed by atoms with Gasteiger partial charge in [-0.1, -0.05) is 18.2 Å². The van der Waals surface area contributed by atoms with Crippen molar-refractivity contribution in [3.05, 3.63) is 29.8 Å². The standard InChI is InChI=1S/C15H19NO3/c1-18-15-5-3-2-4-11(15)8-16-12-6-14(17)7-13(16)10-19-9-12/h2-5,12-13H,6-10H2,1H3. The van der Waals surface area contributed by atoms with E-state index in [1.54, 1.807) is 7.11 Å². The first kappa shape index (κ1) is 12.6. The Kier molecular flexibility index (Phi) is 3.53. The molecule has 4 nitrogen and oxygen atoms in total. The smallest absolute Gasteiger partial charge is 0.136 e. The minimum absolute atomic E-state index is 0.227. The van der Waals surface area contributed by atoms with Crippen LogP contribution in [0.1, 0.15) is 18.4 Å². The Morgan fingerprint density at radius 2 is 1.95 bits per heavy atom. The average molecular weight is 261 g/mol. The van der Waals surface area contributed by atoms with Gasteiger partial charge in [0.15, 0.2) is 0 Å². The van der Waals surface area contributed by atoms with Crippen molar-refractivity contribution in [3.63, 3.8) is 0 Å². The van der Waals surface area contributed by atoms with E-state index in [2.05, 4.69) is 11.0 Å². The summed E-state index contributed by atoms with van der Waals surface area (Å²) in [5.74, 6) is 1.29. The molecule has 1 aromatic carbocycles. The van der Waals surface area contributed by atoms with E-state index in [1.165, 1.54) is 5.56 Å². The molecule has 2 aliphatic rings. The molecule has 3 rings (SSSR count). The zero-order valence-electron chi connectivity index (χ0n) is 11.2. The number of Topliss-reactive ketones (excluding diaryl/α,β-unsaturated/α-hetero) is 1. The maximum Gasteiger partial charge on any atom is 0.136 e. The fraction of sp³-hybridized carbons (Fsp3) is 0.533. The third kappa shape index (κ3) is 2.51. The molecule has 0 aromatic heterocycles. The molecule has 2 fully saturated rings. The molecule has 2 aliphatic heterocycles. The van der Waals surface area contributed by atoms with Crippen molar-refractivity contribution in [2.45, 2.75) is 31.5 Å². The molecule has 102 valence electrons. The molecule has 2 bridgehead atoms. The molecular weight excluding hydrogens is 242 g/mol. The van der Waals surface area contributed by atoms with Gasteiger partial charge in [0.05, 0.1) is 20.3 Å². The number of carbonyl (C=O) groups is 1. The van der Waals surface area contributed by atoms with E-state index in [4.69, 9.17) is 9.47 Å². The number of rotatable bonds is 3. The number of nitrogens with zero attached hydrogens (tertiary/aromatic N) is 1. The Morgan fingerprint density at radius 3 is 2.63 bits per heavy atom. The second kappa shape index (κ2) is 5.31. The van der Waals surface area contributed by atoms with Crippen LogP contribution in [0.15, 0.2) is 24.3 Å². The van der Waals surface area contributed by atoms with E-state index in [0.717, 1.165) is 12.3 Å². The number of hydrogen-bond acceptors (Lipinski definition) is 4. The zero-order valence-corrected chi connectivity index (χ0v) is 11.2. The molecule has 2 heterocycles. The molecule has 0 radical (unpaired) electrons. The monoisotopic (exact) mass is 261 g/mol. The van der Waals surface area contributed by atoms with Gasteiger partial charge in [-0.2, -0.15) is 0 Å². The topological polar surface area (TPSA) is 38.8 Å². The molecule has 19 heavy (non-hydrogen) atoms. The largest absolute Gasteiger partial charge is 0.496 e. The third-order valence-electron chi connectivity index (χ3n) is 4.03. The van der Waals surface area contributed by atoms with E-state index in [9.17, 15) is 4.79 Å². The number of methoxy groups -OCH3 is 1. The summed E-state index contributed by atoms with van der Waals surface area (Å²) in [6, 6.07) is 8.53. The molecular formula is C15H19NO3. The van der Waals surface area contributed by atoms with Crippen LogP contribution in [0.4, 0.5) is 0 Å². The van der Waals surface area contributed by atoms with E-state index in [1.807, 2.05) is 18.2 Å². The summed E-state index contributed by atoms with van der Waals surface area (Å²) < 4.78 is 11.0. The van der Waals surface area contributed by atoms with E-state index in [0.29, 0.717) is 31.8 Å². The lowest BCUT2D eigenvalue weighted by Crippen LogP contribution is -2.56. The number of piperidine rings is 1. The SMILES string of the molecule is COc1ccccc1CN1C2COCC1CC(=O)C2. The third-order valence-corrected chi connectivity index (χ3v) is 4.03. The minimum atomic E-state index is 0.227. The molecule has 0 aliphatic carbocycles. The highest BCUT2D eigenvalue weighted by molar-refractivity contribution is 5.80. The first-order chi connectivity index (χ1) is 9.28. The van der Waals surface area contributed by atoms with Crippen molar-refractivity contribution in [2.24, 2.45) is 0 Å². The van der Waals surface area contributed by atoms with Crippen molar-refractivity contribution in [1.29, 1.82) is 0 Å². The summed E-state index contributed by atoms with van der Waals surface area (Å²) in [6.45, 7) is 2.16. The minimum Gasteiger partial charge on any atom is -0.496 e. The number of ether oxygens (including phenoxy) is 2. The summed E-state index contributed by atoms with van der Waals surface area (Å²) >= 11 is 0. The molecule has 2 atom stereocenters. The normalized spacial score (nSPS) is 27.3. The van der Waals surface area contributed by atoms with Gasteiger partial charge in [0, 0.05) is 37.0 Å². The quantitative estimate of drug-likeness (QED) is 0.829. The Morgan fingerprint density at radius 1 is 1.26 bits per heavy atom. The number of carbonyl (C=O) groups excluding carboxylic acids is 1. The molecule has 0 amide bonds. The van der Waals surface area contributed by atoms with Crippen LogP contribution in [0.2, 0.25) is 0 Å². The zero-order chi connectivity index (χ0) is 13.2. The Labute approximate surface area is 113 Å². The second-order valence-corrected chi connectivity index (χ2v) is 5.28. The first-order valence-corrected chi connectivity index (χ1v) is 6.75. The summed E-state index contributed by atoms with van der Waals surface area (Å²) in [6.07, 6.45) is 1.23. The molecule has 0 saturated carbocycles. The van der Waals surface area contributed by atoms with Gasteiger partial charge in [0.1, 0.15) is 11.5 Å². The van der Waals surface area contributed by atoms with Crippen LogP contribution in [0, 0.1) is 0 Å². The number of para-hydroxylation sites is 1.